The maximum Gasteiger partial charge on any atom is 0.206 e. The van der Waals surface area contributed by atoms with E-state index in [0.29, 0.717) is 5.69 Å². The Kier molecular flexibility index (Phi) is 7.34. The van der Waals surface area contributed by atoms with Gasteiger partial charge in [-0.15, -0.1) is 0 Å². The lowest BCUT2D eigenvalue weighted by molar-refractivity contribution is -0.606. The highest BCUT2D eigenvalue weighted by molar-refractivity contribution is 5.54. The summed E-state index contributed by atoms with van der Waals surface area (Å²) in [5, 5.41) is 11.2. The van der Waals surface area contributed by atoms with Gasteiger partial charge >= 0.3 is 0 Å². The Bertz CT molecular complexity index is 469. The molecule has 1 aromatic rings. The molecule has 0 atom stereocenters. The van der Waals surface area contributed by atoms with Gasteiger partial charge in [0.2, 0.25) is 6.20 Å². The van der Waals surface area contributed by atoms with Crippen molar-refractivity contribution >= 4 is 6.08 Å². The van der Waals surface area contributed by atoms with Gasteiger partial charge in [0.05, 0.1) is 6.20 Å². The smallest absolute Gasteiger partial charge is 0.206 e. The van der Waals surface area contributed by atoms with Crippen LogP contribution in [-0.4, -0.2) is 4.98 Å². The van der Waals surface area contributed by atoms with Gasteiger partial charge in [-0.3, -0.25) is 0 Å². The molecule has 0 saturated heterocycles. The zero-order valence-corrected chi connectivity index (χ0v) is 11.9. The first kappa shape index (κ1) is 15.2. The maximum absolute atomic E-state index is 11.2. The number of rotatable bonds is 6. The second-order valence-electron chi connectivity index (χ2n) is 4.52. The molecule has 102 valence electrons. The molecule has 3 nitrogen and oxygen atoms in total. The van der Waals surface area contributed by atoms with E-state index in [9.17, 15) is 5.21 Å². The van der Waals surface area contributed by atoms with Crippen LogP contribution in [0, 0.1) is 17.0 Å². The molecule has 0 amide bonds. The van der Waals surface area contributed by atoms with Crippen molar-refractivity contribution in [3.63, 3.8) is 0 Å². The molecule has 1 heterocycles. The van der Waals surface area contributed by atoms with Crippen LogP contribution >= 0.6 is 0 Å². The fraction of sp³-hybridized carbons (Fsp3) is 0.500. The van der Waals surface area contributed by atoms with Crippen LogP contribution in [0.15, 0.2) is 24.2 Å². The van der Waals surface area contributed by atoms with Gasteiger partial charge in [0.15, 0.2) is 6.20 Å². The normalized spacial score (nSPS) is 10.9. The van der Waals surface area contributed by atoms with Crippen molar-refractivity contribution in [1.29, 1.82) is 0 Å². The molecule has 19 heavy (non-hydrogen) atoms. The predicted molar refractivity (Wildman–Crippen MR) is 78.0 cm³/mol. The Morgan fingerprint density at radius 2 is 2.16 bits per heavy atom. The van der Waals surface area contributed by atoms with Gasteiger partial charge in [0.1, 0.15) is 5.69 Å². The van der Waals surface area contributed by atoms with E-state index >= 15 is 0 Å². The number of nitrogens with zero attached hydrogens (tertiary/aromatic N) is 2. The molecule has 1 aromatic heterocycles. The molecular weight excluding hydrogens is 236 g/mol. The van der Waals surface area contributed by atoms with Crippen molar-refractivity contribution in [1.82, 2.24) is 4.98 Å². The van der Waals surface area contributed by atoms with Crippen LogP contribution in [0.5, 0.6) is 0 Å². The number of unbranched alkanes of at least 4 members (excludes halogenated alkanes) is 3. The molecule has 0 aromatic carbocycles. The van der Waals surface area contributed by atoms with E-state index in [1.54, 1.807) is 0 Å². The van der Waals surface area contributed by atoms with Gasteiger partial charge in [-0.2, -0.15) is 4.73 Å². The van der Waals surface area contributed by atoms with Crippen molar-refractivity contribution in [2.24, 2.45) is 0 Å². The molecule has 0 radical (unpaired) electrons. The summed E-state index contributed by atoms with van der Waals surface area (Å²) >= 11 is 0. The molecule has 0 N–H and O–H groups in total. The predicted octanol–water partition coefficient (Wildman–Crippen LogP) is 3.48. The first-order valence-electron chi connectivity index (χ1n) is 7.00. The third kappa shape index (κ3) is 6.61. The summed E-state index contributed by atoms with van der Waals surface area (Å²) in [5.74, 6) is 6.42. The second kappa shape index (κ2) is 9.16. The van der Waals surface area contributed by atoms with Crippen molar-refractivity contribution in [3.05, 3.63) is 35.1 Å². The zero-order valence-electron chi connectivity index (χ0n) is 11.9. The van der Waals surface area contributed by atoms with E-state index < -0.39 is 0 Å². The van der Waals surface area contributed by atoms with Gasteiger partial charge in [-0.1, -0.05) is 38.5 Å². The first-order chi connectivity index (χ1) is 9.26. The maximum atomic E-state index is 11.2. The van der Waals surface area contributed by atoms with Gasteiger partial charge in [-0.05, 0) is 25.3 Å². The summed E-state index contributed by atoms with van der Waals surface area (Å²) < 4.78 is 0.765. The highest BCUT2D eigenvalue weighted by atomic mass is 16.5. The lowest BCUT2D eigenvalue weighted by atomic mass is 10.1. The minimum absolute atomic E-state index is 0.674. The Morgan fingerprint density at radius 3 is 2.84 bits per heavy atom. The van der Waals surface area contributed by atoms with E-state index in [0.717, 1.165) is 42.4 Å². The Balaban J connectivity index is 2.79. The SMILES string of the molecule is CCCCC#C/C(=C\c1c[n+]([O-])ccn1)CCCC. The summed E-state index contributed by atoms with van der Waals surface area (Å²) in [6, 6.07) is 0. The summed E-state index contributed by atoms with van der Waals surface area (Å²) in [6.07, 6.45) is 12.7. The van der Waals surface area contributed by atoms with Crippen LogP contribution in [0.1, 0.15) is 58.1 Å². The van der Waals surface area contributed by atoms with Crippen LogP contribution in [0.3, 0.4) is 0 Å². The molecule has 0 spiro atoms. The number of hydrogen-bond donors (Lipinski definition) is 0. The Morgan fingerprint density at radius 1 is 1.37 bits per heavy atom. The largest absolute Gasteiger partial charge is 0.619 e. The van der Waals surface area contributed by atoms with Gasteiger partial charge in [0, 0.05) is 12.0 Å². The molecule has 0 fully saturated rings. The van der Waals surface area contributed by atoms with Crippen molar-refractivity contribution in [3.8, 4) is 11.8 Å². The topological polar surface area (TPSA) is 39.8 Å². The van der Waals surface area contributed by atoms with Crippen LogP contribution in [0.25, 0.3) is 6.08 Å². The average Bonchev–Trinajstić information content (AvgIpc) is 2.40. The lowest BCUT2D eigenvalue weighted by Gasteiger charge is -1.99. The Hall–Kier alpha value is -1.82. The van der Waals surface area contributed by atoms with E-state index in [-0.39, 0.29) is 0 Å². The summed E-state index contributed by atoms with van der Waals surface area (Å²) in [6.45, 7) is 4.32. The molecule has 0 bridgehead atoms. The van der Waals surface area contributed by atoms with E-state index in [1.807, 2.05) is 6.08 Å². The average molecular weight is 258 g/mol. The fourth-order valence-electron chi connectivity index (χ4n) is 1.62. The van der Waals surface area contributed by atoms with E-state index in [1.165, 1.54) is 25.0 Å². The number of aromatic nitrogens is 2. The first-order valence-corrected chi connectivity index (χ1v) is 7.00. The van der Waals surface area contributed by atoms with Gasteiger partial charge < -0.3 is 5.21 Å². The molecule has 0 aliphatic rings. The molecule has 0 unspecified atom stereocenters. The molecule has 0 aliphatic heterocycles. The third-order valence-corrected chi connectivity index (χ3v) is 2.72. The minimum atomic E-state index is 0.674. The highest BCUT2D eigenvalue weighted by Crippen LogP contribution is 2.10. The van der Waals surface area contributed by atoms with Gasteiger partial charge in [-0.25, -0.2) is 4.98 Å². The quantitative estimate of drug-likeness (QED) is 0.339. The van der Waals surface area contributed by atoms with Crippen molar-refractivity contribution < 1.29 is 4.73 Å². The van der Waals surface area contributed by atoms with Gasteiger partial charge in [0.25, 0.3) is 0 Å². The van der Waals surface area contributed by atoms with E-state index in [4.69, 9.17) is 0 Å². The summed E-state index contributed by atoms with van der Waals surface area (Å²) in [5.41, 5.74) is 1.74. The third-order valence-electron chi connectivity index (χ3n) is 2.72. The minimum Gasteiger partial charge on any atom is -0.619 e. The van der Waals surface area contributed by atoms with Crippen LogP contribution in [-0.2, 0) is 0 Å². The van der Waals surface area contributed by atoms with Crippen LogP contribution in [0.2, 0.25) is 0 Å². The van der Waals surface area contributed by atoms with Crippen LogP contribution in [0.4, 0.5) is 0 Å². The number of allylic oxidation sites excluding steroid dienone is 1. The standard InChI is InChI=1S/C16H22N2O/c1-3-5-7-8-10-15(9-6-4-2)13-16-14-18(19)12-11-17-16/h11-14H,3-7,9H2,1-2H3/b15-13-. The zero-order chi connectivity index (χ0) is 13.9. The molecule has 0 saturated carbocycles. The molecule has 0 aliphatic carbocycles. The van der Waals surface area contributed by atoms with Crippen molar-refractivity contribution in [2.45, 2.75) is 52.4 Å². The molecular formula is C16H22N2O. The summed E-state index contributed by atoms with van der Waals surface area (Å²) in [7, 11) is 0. The summed E-state index contributed by atoms with van der Waals surface area (Å²) in [4.78, 5) is 4.17. The second-order valence-corrected chi connectivity index (χ2v) is 4.52. The molecule has 1 rings (SSSR count). The van der Waals surface area contributed by atoms with Crippen LogP contribution < -0.4 is 4.73 Å². The fourth-order valence-corrected chi connectivity index (χ4v) is 1.62. The lowest BCUT2D eigenvalue weighted by Crippen LogP contribution is -2.24. The van der Waals surface area contributed by atoms with Crippen molar-refractivity contribution in [2.75, 3.05) is 0 Å². The highest BCUT2D eigenvalue weighted by Gasteiger charge is 1.98. The molecule has 3 heteroatoms. The number of hydrogen-bond acceptors (Lipinski definition) is 2. The Labute approximate surface area is 116 Å². The van der Waals surface area contributed by atoms with E-state index in [2.05, 4.69) is 30.7 Å². The monoisotopic (exact) mass is 258 g/mol.